The van der Waals surface area contributed by atoms with Crippen molar-refractivity contribution in [2.24, 2.45) is 5.92 Å². The molecule has 1 N–H and O–H groups in total. The molecule has 0 amide bonds. The fourth-order valence-electron chi connectivity index (χ4n) is 3.22. The van der Waals surface area contributed by atoms with Crippen molar-refractivity contribution in [3.63, 3.8) is 0 Å². The van der Waals surface area contributed by atoms with Gasteiger partial charge in [0.1, 0.15) is 5.75 Å². The first-order chi connectivity index (χ1) is 10.2. The number of rotatable bonds is 4. The zero-order chi connectivity index (χ0) is 14.7. The van der Waals surface area contributed by atoms with Crippen LogP contribution in [0.2, 0.25) is 0 Å². The maximum absolute atomic E-state index is 6.06. The quantitative estimate of drug-likeness (QED) is 0.923. The highest BCUT2D eigenvalue weighted by molar-refractivity contribution is 5.33. The largest absolute Gasteiger partial charge is 0.493 e. The predicted octanol–water partition coefficient (Wildman–Crippen LogP) is 3.69. The third-order valence-electron chi connectivity index (χ3n) is 4.23. The van der Waals surface area contributed by atoms with Crippen LogP contribution < -0.4 is 10.1 Å². The zero-order valence-corrected chi connectivity index (χ0v) is 12.8. The van der Waals surface area contributed by atoms with Crippen LogP contribution in [0.5, 0.6) is 5.75 Å². The summed E-state index contributed by atoms with van der Waals surface area (Å²) in [5.41, 5.74) is 3.93. The number of hydrogen-bond donors (Lipinski definition) is 1. The molecule has 3 rings (SSSR count). The second kappa shape index (κ2) is 6.31. The minimum absolute atomic E-state index is 0.535. The van der Waals surface area contributed by atoms with Crippen LogP contribution in [0.15, 0.2) is 48.5 Å². The molecule has 0 spiro atoms. The van der Waals surface area contributed by atoms with Gasteiger partial charge in [0.15, 0.2) is 0 Å². The lowest BCUT2D eigenvalue weighted by atomic mass is 9.89. The van der Waals surface area contributed by atoms with Crippen LogP contribution in [0.3, 0.4) is 0 Å². The summed E-state index contributed by atoms with van der Waals surface area (Å²) in [5.74, 6) is 2.08. The van der Waals surface area contributed by atoms with Gasteiger partial charge in [-0.15, -0.1) is 0 Å². The minimum Gasteiger partial charge on any atom is -0.493 e. The molecule has 0 aromatic heterocycles. The van der Waals surface area contributed by atoms with Gasteiger partial charge in [0.25, 0.3) is 0 Å². The molecular weight excluding hydrogens is 258 g/mol. The van der Waals surface area contributed by atoms with Gasteiger partial charge in [0.2, 0.25) is 0 Å². The highest BCUT2D eigenvalue weighted by Crippen LogP contribution is 2.29. The molecule has 1 heterocycles. The molecule has 2 unspecified atom stereocenters. The van der Waals surface area contributed by atoms with Crippen molar-refractivity contribution in [2.75, 3.05) is 19.7 Å². The fraction of sp³-hybridized carbons (Fsp3) is 0.368. The standard InChI is InChI=1S/C19H23NO/c1-14-8-15(2)10-18(9-14)21-13-17-11-20-12-19(17)16-6-4-3-5-7-16/h3-10,17,19-20H,11-13H2,1-2H3. The summed E-state index contributed by atoms with van der Waals surface area (Å²) in [6, 6.07) is 17.2. The van der Waals surface area contributed by atoms with Gasteiger partial charge < -0.3 is 10.1 Å². The molecule has 2 nitrogen and oxygen atoms in total. The Balaban J connectivity index is 1.67. The second-order valence-corrected chi connectivity index (χ2v) is 6.07. The maximum atomic E-state index is 6.06. The molecular formula is C19H23NO. The molecule has 2 atom stereocenters. The van der Waals surface area contributed by atoms with Crippen LogP contribution in [-0.4, -0.2) is 19.7 Å². The molecule has 1 aliphatic rings. The van der Waals surface area contributed by atoms with Crippen molar-refractivity contribution in [3.05, 3.63) is 65.2 Å². The summed E-state index contributed by atoms with van der Waals surface area (Å²) in [6.07, 6.45) is 0. The van der Waals surface area contributed by atoms with Crippen molar-refractivity contribution >= 4 is 0 Å². The van der Waals surface area contributed by atoms with E-state index in [9.17, 15) is 0 Å². The summed E-state index contributed by atoms with van der Waals surface area (Å²) in [6.45, 7) is 7.08. The minimum atomic E-state index is 0.535. The average Bonchev–Trinajstić information content (AvgIpc) is 2.93. The molecule has 2 aromatic rings. The van der Waals surface area contributed by atoms with E-state index in [4.69, 9.17) is 4.74 Å². The first-order valence-corrected chi connectivity index (χ1v) is 7.69. The second-order valence-electron chi connectivity index (χ2n) is 6.07. The van der Waals surface area contributed by atoms with E-state index in [1.807, 2.05) is 0 Å². The van der Waals surface area contributed by atoms with E-state index in [-0.39, 0.29) is 0 Å². The van der Waals surface area contributed by atoms with Gasteiger partial charge in [0.05, 0.1) is 6.61 Å². The monoisotopic (exact) mass is 281 g/mol. The van der Waals surface area contributed by atoms with Crippen molar-refractivity contribution in [1.82, 2.24) is 5.32 Å². The van der Waals surface area contributed by atoms with Crippen molar-refractivity contribution in [3.8, 4) is 5.75 Å². The van der Waals surface area contributed by atoms with Gasteiger partial charge in [-0.05, 0) is 42.7 Å². The molecule has 0 aliphatic carbocycles. The molecule has 1 aliphatic heterocycles. The molecule has 21 heavy (non-hydrogen) atoms. The highest BCUT2D eigenvalue weighted by Gasteiger charge is 2.28. The topological polar surface area (TPSA) is 21.3 Å². The molecule has 2 heteroatoms. The summed E-state index contributed by atoms with van der Waals surface area (Å²) in [7, 11) is 0. The van der Waals surface area contributed by atoms with E-state index in [0.29, 0.717) is 11.8 Å². The fourth-order valence-corrected chi connectivity index (χ4v) is 3.22. The van der Waals surface area contributed by atoms with Gasteiger partial charge in [-0.3, -0.25) is 0 Å². The van der Waals surface area contributed by atoms with Gasteiger partial charge in [-0.2, -0.15) is 0 Å². The summed E-state index contributed by atoms with van der Waals surface area (Å²) in [5, 5.41) is 3.50. The molecule has 1 fully saturated rings. The van der Waals surface area contributed by atoms with Gasteiger partial charge in [0, 0.05) is 24.9 Å². The van der Waals surface area contributed by atoms with Gasteiger partial charge in [-0.1, -0.05) is 36.4 Å². The van der Waals surface area contributed by atoms with Crippen molar-refractivity contribution in [1.29, 1.82) is 0 Å². The van der Waals surface area contributed by atoms with E-state index in [1.165, 1.54) is 16.7 Å². The predicted molar refractivity (Wildman–Crippen MR) is 87.0 cm³/mol. The number of benzene rings is 2. The zero-order valence-electron chi connectivity index (χ0n) is 12.8. The van der Waals surface area contributed by atoms with Crippen molar-refractivity contribution < 1.29 is 4.74 Å². The first kappa shape index (κ1) is 14.2. The smallest absolute Gasteiger partial charge is 0.119 e. The molecule has 0 bridgehead atoms. The van der Waals surface area contributed by atoms with Gasteiger partial charge in [-0.25, -0.2) is 0 Å². The number of ether oxygens (including phenoxy) is 1. The third-order valence-corrected chi connectivity index (χ3v) is 4.23. The van der Waals surface area contributed by atoms with Crippen LogP contribution in [-0.2, 0) is 0 Å². The number of hydrogen-bond acceptors (Lipinski definition) is 2. The Bertz CT molecular complexity index is 574. The van der Waals surface area contributed by atoms with Crippen LogP contribution in [0.4, 0.5) is 0 Å². The molecule has 0 saturated carbocycles. The number of nitrogens with one attached hydrogen (secondary N) is 1. The molecule has 0 radical (unpaired) electrons. The normalized spacial score (nSPS) is 21.4. The highest BCUT2D eigenvalue weighted by atomic mass is 16.5. The Morgan fingerprint density at radius 1 is 1.00 bits per heavy atom. The lowest BCUT2D eigenvalue weighted by Crippen LogP contribution is -2.19. The Morgan fingerprint density at radius 3 is 2.43 bits per heavy atom. The average molecular weight is 281 g/mol. The van der Waals surface area contributed by atoms with E-state index in [0.717, 1.165) is 25.4 Å². The summed E-state index contributed by atoms with van der Waals surface area (Å²) >= 11 is 0. The SMILES string of the molecule is Cc1cc(C)cc(OCC2CNCC2c2ccccc2)c1. The molecule has 1 saturated heterocycles. The van der Waals surface area contributed by atoms with E-state index in [2.05, 4.69) is 67.7 Å². The maximum Gasteiger partial charge on any atom is 0.119 e. The third kappa shape index (κ3) is 3.45. The first-order valence-electron chi connectivity index (χ1n) is 7.69. The summed E-state index contributed by atoms with van der Waals surface area (Å²) in [4.78, 5) is 0. The van der Waals surface area contributed by atoms with Crippen LogP contribution in [0.1, 0.15) is 22.6 Å². The van der Waals surface area contributed by atoms with Crippen LogP contribution in [0, 0.1) is 19.8 Å². The molecule has 2 aromatic carbocycles. The van der Waals surface area contributed by atoms with E-state index in [1.54, 1.807) is 0 Å². The van der Waals surface area contributed by atoms with E-state index >= 15 is 0 Å². The Morgan fingerprint density at radius 2 is 1.71 bits per heavy atom. The lowest BCUT2D eigenvalue weighted by Gasteiger charge is -2.19. The van der Waals surface area contributed by atoms with E-state index < -0.39 is 0 Å². The van der Waals surface area contributed by atoms with Gasteiger partial charge >= 0.3 is 0 Å². The lowest BCUT2D eigenvalue weighted by molar-refractivity contribution is 0.248. The summed E-state index contributed by atoms with van der Waals surface area (Å²) < 4.78 is 6.06. The molecule has 110 valence electrons. The van der Waals surface area contributed by atoms with Crippen LogP contribution in [0.25, 0.3) is 0 Å². The Hall–Kier alpha value is -1.80. The van der Waals surface area contributed by atoms with Crippen LogP contribution >= 0.6 is 0 Å². The Kier molecular flexibility index (Phi) is 4.26. The van der Waals surface area contributed by atoms with Crippen molar-refractivity contribution in [2.45, 2.75) is 19.8 Å². The Labute approximate surface area is 127 Å². The number of aryl methyl sites for hydroxylation is 2.